The molecule has 1 aliphatic carbocycles. The van der Waals surface area contributed by atoms with Crippen molar-refractivity contribution in [3.63, 3.8) is 0 Å². The Bertz CT molecular complexity index is 1080. The van der Waals surface area contributed by atoms with Gasteiger partial charge >= 0.3 is 0 Å². The summed E-state index contributed by atoms with van der Waals surface area (Å²) in [6.07, 6.45) is 10.6. The number of ether oxygens (including phenoxy) is 1. The van der Waals surface area contributed by atoms with Crippen LogP contribution in [0, 0.1) is 0 Å². The van der Waals surface area contributed by atoms with Gasteiger partial charge in [0.1, 0.15) is 5.75 Å². The fraction of sp³-hybridized carbons (Fsp3) is 0.500. The second-order valence-electron chi connectivity index (χ2n) is 8.75. The van der Waals surface area contributed by atoms with Crippen molar-refractivity contribution in [2.75, 3.05) is 17.2 Å². The lowest BCUT2D eigenvalue weighted by atomic mass is 9.95. The summed E-state index contributed by atoms with van der Waals surface area (Å²) < 4.78 is 7.68. The van der Waals surface area contributed by atoms with Crippen molar-refractivity contribution >= 4 is 34.5 Å². The number of amides is 1. The van der Waals surface area contributed by atoms with Gasteiger partial charge < -0.3 is 19.9 Å². The zero-order valence-corrected chi connectivity index (χ0v) is 19.6. The number of hydrogen-bond donors (Lipinski definition) is 4. The average Bonchev–Trinajstić information content (AvgIpc) is 3.23. The second-order valence-corrected chi connectivity index (χ2v) is 8.75. The maximum atomic E-state index is 11.0. The van der Waals surface area contributed by atoms with Crippen LogP contribution < -0.4 is 20.9 Å². The van der Waals surface area contributed by atoms with Crippen LogP contribution in [0.15, 0.2) is 30.6 Å². The number of hydrogen-bond acceptors (Lipinski definition) is 8. The van der Waals surface area contributed by atoms with E-state index in [4.69, 9.17) is 14.9 Å². The van der Waals surface area contributed by atoms with E-state index in [-0.39, 0.29) is 5.91 Å². The Morgan fingerprint density at radius 3 is 2.68 bits per heavy atom. The van der Waals surface area contributed by atoms with Crippen LogP contribution in [-0.4, -0.2) is 43.3 Å². The predicted molar refractivity (Wildman–Crippen MR) is 130 cm³/mol. The summed E-state index contributed by atoms with van der Waals surface area (Å²) in [4.78, 5) is 24.9. The molecule has 0 bridgehead atoms. The molecule has 10 nitrogen and oxygen atoms in total. The van der Waals surface area contributed by atoms with Crippen LogP contribution in [0.2, 0.25) is 0 Å². The second kappa shape index (κ2) is 11.6. The van der Waals surface area contributed by atoms with Gasteiger partial charge in [0, 0.05) is 25.2 Å². The lowest BCUT2D eigenvalue weighted by Crippen LogP contribution is -2.23. The van der Waals surface area contributed by atoms with Gasteiger partial charge in [0.15, 0.2) is 17.0 Å². The number of carbonyl (C=O) groups excluding carboxylic acids is 1. The van der Waals surface area contributed by atoms with Crippen LogP contribution in [-0.2, 0) is 11.8 Å². The summed E-state index contributed by atoms with van der Waals surface area (Å²) in [7, 11) is 1.93. The number of imidazole rings is 1. The van der Waals surface area contributed by atoms with Crippen molar-refractivity contribution in [1.29, 1.82) is 0 Å². The van der Waals surface area contributed by atoms with Gasteiger partial charge in [0.25, 0.3) is 0 Å². The molecule has 1 saturated carbocycles. The quantitative estimate of drug-likeness (QED) is 0.187. The highest BCUT2D eigenvalue weighted by molar-refractivity contribution is 5.84. The fourth-order valence-electron chi connectivity index (χ4n) is 4.18. The van der Waals surface area contributed by atoms with Crippen molar-refractivity contribution in [2.45, 2.75) is 63.8 Å². The maximum Gasteiger partial charge on any atom is 0.243 e. The van der Waals surface area contributed by atoms with Gasteiger partial charge in [0.2, 0.25) is 11.9 Å². The van der Waals surface area contributed by atoms with E-state index in [1.165, 1.54) is 19.3 Å². The van der Waals surface area contributed by atoms with Gasteiger partial charge in [-0.2, -0.15) is 9.97 Å². The first-order chi connectivity index (χ1) is 16.6. The molecule has 2 heterocycles. The van der Waals surface area contributed by atoms with E-state index in [1.54, 1.807) is 11.8 Å². The lowest BCUT2D eigenvalue weighted by Gasteiger charge is -2.23. The van der Waals surface area contributed by atoms with Gasteiger partial charge in [-0.15, -0.1) is 0 Å². The van der Waals surface area contributed by atoms with Crippen LogP contribution in [0.1, 0.15) is 57.8 Å². The Morgan fingerprint density at radius 2 is 1.91 bits per heavy atom. The molecule has 0 radical (unpaired) electrons. The number of nitrogens with zero attached hydrogens (tertiary/aromatic N) is 4. The first kappa shape index (κ1) is 23.7. The number of anilines is 3. The number of carbonyl (C=O) groups is 1. The minimum atomic E-state index is -0.354. The third-order valence-corrected chi connectivity index (χ3v) is 6.06. The van der Waals surface area contributed by atoms with E-state index < -0.39 is 0 Å². The Morgan fingerprint density at radius 1 is 1.12 bits per heavy atom. The van der Waals surface area contributed by atoms with Crippen LogP contribution in [0.5, 0.6) is 5.75 Å². The topological polar surface area (TPSA) is 126 Å². The Hall–Kier alpha value is -3.40. The van der Waals surface area contributed by atoms with Gasteiger partial charge in [0.05, 0.1) is 12.9 Å². The zero-order chi connectivity index (χ0) is 23.8. The molecule has 1 amide bonds. The summed E-state index contributed by atoms with van der Waals surface area (Å²) in [5.41, 5.74) is 4.09. The van der Waals surface area contributed by atoms with E-state index in [0.717, 1.165) is 60.5 Å². The molecule has 182 valence electrons. The van der Waals surface area contributed by atoms with Crippen molar-refractivity contribution in [2.24, 2.45) is 7.05 Å². The van der Waals surface area contributed by atoms with Crippen LogP contribution in [0.25, 0.3) is 11.2 Å². The monoisotopic (exact) mass is 467 g/mol. The number of aryl methyl sites for hydroxylation is 1. The minimum Gasteiger partial charge on any atom is -0.494 e. The summed E-state index contributed by atoms with van der Waals surface area (Å²) in [5.74, 6) is 1.72. The Labute approximate surface area is 199 Å². The Kier molecular flexibility index (Phi) is 8.13. The Balaban J connectivity index is 1.34. The first-order valence-electron chi connectivity index (χ1n) is 12.0. The molecule has 0 atom stereocenters. The van der Waals surface area contributed by atoms with Crippen molar-refractivity contribution in [3.05, 3.63) is 30.6 Å². The third kappa shape index (κ3) is 6.34. The van der Waals surface area contributed by atoms with E-state index in [1.807, 2.05) is 35.9 Å². The van der Waals surface area contributed by atoms with Crippen molar-refractivity contribution in [3.8, 4) is 5.75 Å². The third-order valence-electron chi connectivity index (χ3n) is 6.06. The maximum absolute atomic E-state index is 11.0. The number of benzene rings is 1. The summed E-state index contributed by atoms with van der Waals surface area (Å²) in [6, 6.07) is 8.11. The van der Waals surface area contributed by atoms with Crippen LogP contribution in [0.3, 0.4) is 0 Å². The molecule has 2 aromatic heterocycles. The summed E-state index contributed by atoms with van der Waals surface area (Å²) in [6.45, 7) is 0.573. The number of unbranched alkanes of at least 4 members (excludes halogenated alkanes) is 2. The lowest BCUT2D eigenvalue weighted by molar-refractivity contribution is -0.129. The highest BCUT2D eigenvalue weighted by Crippen LogP contribution is 2.27. The predicted octanol–water partition coefficient (Wildman–Crippen LogP) is 4.30. The van der Waals surface area contributed by atoms with Gasteiger partial charge in [-0.3, -0.25) is 10.0 Å². The largest absolute Gasteiger partial charge is 0.494 e. The molecule has 4 rings (SSSR count). The number of aromatic nitrogens is 4. The minimum absolute atomic E-state index is 0.321. The molecule has 4 N–H and O–H groups in total. The van der Waals surface area contributed by atoms with Crippen molar-refractivity contribution in [1.82, 2.24) is 25.0 Å². The van der Waals surface area contributed by atoms with Gasteiger partial charge in [-0.1, -0.05) is 19.3 Å². The number of hydroxylamine groups is 1. The van der Waals surface area contributed by atoms with E-state index in [9.17, 15) is 4.79 Å². The molecule has 1 aromatic carbocycles. The molecule has 1 aliphatic rings. The van der Waals surface area contributed by atoms with E-state index >= 15 is 0 Å². The molecule has 0 spiro atoms. The molecular formula is C24H33N7O3. The van der Waals surface area contributed by atoms with Crippen LogP contribution >= 0.6 is 0 Å². The highest BCUT2D eigenvalue weighted by Gasteiger charge is 2.18. The van der Waals surface area contributed by atoms with Gasteiger partial charge in [-0.25, -0.2) is 10.5 Å². The summed E-state index contributed by atoms with van der Waals surface area (Å²) >= 11 is 0. The zero-order valence-electron chi connectivity index (χ0n) is 19.6. The van der Waals surface area contributed by atoms with E-state index in [2.05, 4.69) is 20.6 Å². The molecule has 3 aromatic rings. The fourth-order valence-corrected chi connectivity index (χ4v) is 4.18. The first-order valence-corrected chi connectivity index (χ1v) is 12.0. The molecule has 10 heteroatoms. The molecule has 0 unspecified atom stereocenters. The summed E-state index contributed by atoms with van der Waals surface area (Å²) in [5, 5.41) is 15.4. The number of rotatable bonds is 11. The average molecular weight is 468 g/mol. The van der Waals surface area contributed by atoms with Crippen LogP contribution in [0.4, 0.5) is 17.5 Å². The van der Waals surface area contributed by atoms with E-state index in [0.29, 0.717) is 25.0 Å². The van der Waals surface area contributed by atoms with Gasteiger partial charge in [-0.05, 0) is 56.4 Å². The number of nitrogens with one attached hydrogen (secondary N) is 3. The normalized spacial score (nSPS) is 14.2. The molecular weight excluding hydrogens is 434 g/mol. The number of fused-ring (bicyclic) bond motifs is 1. The molecule has 1 fully saturated rings. The molecule has 34 heavy (non-hydrogen) atoms. The standard InChI is InChI=1S/C24H33N7O3/c1-31-16-25-21-22(26-17-8-4-2-5-9-17)28-24(29-23(21)31)27-18-11-13-19(14-12-18)34-15-7-3-6-10-20(32)30-33/h11-14,16-17,33H,2-10,15H2,1H3,(H,30,32)(H2,26,27,28,29). The smallest absolute Gasteiger partial charge is 0.243 e. The molecule has 0 aliphatic heterocycles. The SMILES string of the molecule is Cn1cnc2c(NC3CCCCC3)nc(Nc3ccc(OCCCCCC(=O)NO)cc3)nc21. The highest BCUT2D eigenvalue weighted by atomic mass is 16.5. The van der Waals surface area contributed by atoms with Crippen molar-refractivity contribution < 1.29 is 14.7 Å². The molecule has 0 saturated heterocycles.